The molecule has 0 spiro atoms. The number of carbonyl (C=O) groups is 1. The quantitative estimate of drug-likeness (QED) is 0.623. The highest BCUT2D eigenvalue weighted by molar-refractivity contribution is 8.13. The van der Waals surface area contributed by atoms with Crippen LogP contribution in [-0.4, -0.2) is 29.4 Å². The van der Waals surface area contributed by atoms with E-state index in [-0.39, 0.29) is 17.3 Å². The fourth-order valence-corrected chi connectivity index (χ4v) is 1.95. The zero-order chi connectivity index (χ0) is 13.5. The van der Waals surface area contributed by atoms with E-state index in [0.717, 1.165) is 11.8 Å². The van der Waals surface area contributed by atoms with Crippen LogP contribution < -0.4 is 0 Å². The molecule has 0 heterocycles. The first-order valence-corrected chi connectivity index (χ1v) is 6.21. The first-order valence-electron chi connectivity index (χ1n) is 5.22. The Balaban J connectivity index is 3.90. The summed E-state index contributed by atoms with van der Waals surface area (Å²) in [5.41, 5.74) is 0. The lowest BCUT2D eigenvalue weighted by Gasteiger charge is -2.18. The van der Waals surface area contributed by atoms with Gasteiger partial charge in [0.2, 0.25) is 6.43 Å². The van der Waals surface area contributed by atoms with Crippen LogP contribution in [0.3, 0.4) is 0 Å². The summed E-state index contributed by atoms with van der Waals surface area (Å²) >= 11 is 0.755. The number of rotatable bonds is 8. The van der Waals surface area contributed by atoms with Crippen molar-refractivity contribution in [3.05, 3.63) is 0 Å². The molecule has 7 heteroatoms. The standard InChI is InChI=1S/C10H15F5OS/c1-2-9(16)17-4-3-10(14,15)6-7(11)5-8(12)13/h7-8H,2-6H2,1H3. The van der Waals surface area contributed by atoms with Gasteiger partial charge in [-0.05, 0) is 0 Å². The maximum atomic E-state index is 13.1. The topological polar surface area (TPSA) is 17.1 Å². The molecule has 1 nitrogen and oxygen atoms in total. The predicted molar refractivity (Wildman–Crippen MR) is 57.5 cm³/mol. The van der Waals surface area contributed by atoms with Crippen molar-refractivity contribution in [2.45, 2.75) is 51.1 Å². The van der Waals surface area contributed by atoms with Gasteiger partial charge in [-0.2, -0.15) is 0 Å². The molecule has 0 radical (unpaired) electrons. The summed E-state index contributed by atoms with van der Waals surface area (Å²) in [5, 5.41) is -0.217. The molecule has 0 aliphatic carbocycles. The van der Waals surface area contributed by atoms with Crippen LogP contribution in [0.5, 0.6) is 0 Å². The van der Waals surface area contributed by atoms with Crippen LogP contribution >= 0.6 is 11.8 Å². The zero-order valence-corrected chi connectivity index (χ0v) is 10.2. The number of hydrogen-bond donors (Lipinski definition) is 0. The summed E-state index contributed by atoms with van der Waals surface area (Å²) in [6, 6.07) is 0. The molecule has 1 atom stereocenters. The van der Waals surface area contributed by atoms with Crippen LogP contribution in [-0.2, 0) is 4.79 Å². The van der Waals surface area contributed by atoms with E-state index < -0.39 is 37.8 Å². The Hall–Kier alpha value is -0.330. The number of alkyl halides is 5. The third kappa shape index (κ3) is 9.38. The molecule has 0 rings (SSSR count). The average molecular weight is 278 g/mol. The smallest absolute Gasteiger partial charge is 0.251 e. The van der Waals surface area contributed by atoms with Crippen molar-refractivity contribution in [3.63, 3.8) is 0 Å². The largest absolute Gasteiger partial charge is 0.287 e. The summed E-state index contributed by atoms with van der Waals surface area (Å²) in [5.74, 6) is -3.46. The van der Waals surface area contributed by atoms with E-state index in [1.165, 1.54) is 0 Å². The monoisotopic (exact) mass is 278 g/mol. The van der Waals surface area contributed by atoms with Crippen LogP contribution in [0.25, 0.3) is 0 Å². The third-order valence-corrected chi connectivity index (χ3v) is 2.99. The molecule has 0 aromatic rings. The second-order valence-electron chi connectivity index (χ2n) is 3.61. The van der Waals surface area contributed by atoms with Crippen molar-refractivity contribution in [1.29, 1.82) is 0 Å². The lowest BCUT2D eigenvalue weighted by molar-refractivity contribution is -0.110. The van der Waals surface area contributed by atoms with E-state index in [1.54, 1.807) is 6.92 Å². The van der Waals surface area contributed by atoms with Gasteiger partial charge in [-0.3, -0.25) is 4.79 Å². The minimum atomic E-state index is -3.34. The van der Waals surface area contributed by atoms with E-state index in [2.05, 4.69) is 0 Å². The Morgan fingerprint density at radius 2 is 1.88 bits per heavy atom. The van der Waals surface area contributed by atoms with Crippen molar-refractivity contribution >= 4 is 16.9 Å². The summed E-state index contributed by atoms with van der Waals surface area (Å²) in [6.07, 6.45) is -7.94. The van der Waals surface area contributed by atoms with Crippen molar-refractivity contribution in [3.8, 4) is 0 Å². The van der Waals surface area contributed by atoms with Crippen LogP contribution in [0.15, 0.2) is 0 Å². The molecule has 102 valence electrons. The van der Waals surface area contributed by atoms with Crippen LogP contribution in [0.2, 0.25) is 0 Å². The predicted octanol–water partition coefficient (Wildman–Crippen LogP) is 4.07. The molecular formula is C10H15F5OS. The van der Waals surface area contributed by atoms with Gasteiger partial charge in [0.05, 0.1) is 0 Å². The number of halogens is 5. The Morgan fingerprint density at radius 1 is 1.29 bits per heavy atom. The minimum absolute atomic E-state index is 0.124. The molecule has 0 saturated carbocycles. The van der Waals surface area contributed by atoms with Gasteiger partial charge in [0.25, 0.3) is 5.92 Å². The fourth-order valence-electron chi connectivity index (χ4n) is 1.12. The second-order valence-corrected chi connectivity index (χ2v) is 4.76. The highest BCUT2D eigenvalue weighted by Gasteiger charge is 2.33. The molecular weight excluding hydrogens is 263 g/mol. The number of carbonyl (C=O) groups excluding carboxylic acids is 1. The van der Waals surface area contributed by atoms with Gasteiger partial charge in [0.15, 0.2) is 5.12 Å². The van der Waals surface area contributed by atoms with Crippen molar-refractivity contribution in [2.24, 2.45) is 0 Å². The Kier molecular flexibility index (Phi) is 7.74. The molecule has 0 aliphatic rings. The van der Waals surface area contributed by atoms with Crippen LogP contribution in [0, 0.1) is 0 Å². The van der Waals surface area contributed by atoms with Gasteiger partial charge in [0, 0.05) is 31.4 Å². The van der Waals surface area contributed by atoms with Crippen molar-refractivity contribution in [1.82, 2.24) is 0 Å². The molecule has 0 fully saturated rings. The highest BCUT2D eigenvalue weighted by atomic mass is 32.2. The summed E-state index contributed by atoms with van der Waals surface area (Å²) in [7, 11) is 0. The minimum Gasteiger partial charge on any atom is -0.287 e. The molecule has 0 aliphatic heterocycles. The molecule has 0 saturated heterocycles. The molecule has 0 amide bonds. The molecule has 0 aromatic heterocycles. The highest BCUT2D eigenvalue weighted by Crippen LogP contribution is 2.29. The summed E-state index contributed by atoms with van der Waals surface area (Å²) in [4.78, 5) is 10.8. The number of thioether (sulfide) groups is 1. The fraction of sp³-hybridized carbons (Fsp3) is 0.900. The van der Waals surface area contributed by atoms with E-state index >= 15 is 0 Å². The molecule has 1 unspecified atom stereocenters. The lowest BCUT2D eigenvalue weighted by Crippen LogP contribution is -2.24. The van der Waals surface area contributed by atoms with E-state index in [9.17, 15) is 26.7 Å². The van der Waals surface area contributed by atoms with Crippen LogP contribution in [0.1, 0.15) is 32.6 Å². The number of hydrogen-bond acceptors (Lipinski definition) is 2. The molecule has 0 aromatic carbocycles. The van der Waals surface area contributed by atoms with Gasteiger partial charge >= 0.3 is 0 Å². The second kappa shape index (κ2) is 7.89. The molecule has 17 heavy (non-hydrogen) atoms. The average Bonchev–Trinajstić information content (AvgIpc) is 2.14. The van der Waals surface area contributed by atoms with Gasteiger partial charge in [-0.15, -0.1) is 0 Å². The maximum Gasteiger partial charge on any atom is 0.251 e. The van der Waals surface area contributed by atoms with Gasteiger partial charge in [-0.25, -0.2) is 22.0 Å². The Bertz CT molecular complexity index is 235. The van der Waals surface area contributed by atoms with Gasteiger partial charge < -0.3 is 0 Å². The first-order chi connectivity index (χ1) is 7.76. The third-order valence-electron chi connectivity index (χ3n) is 1.97. The summed E-state index contributed by atoms with van der Waals surface area (Å²) < 4.78 is 62.4. The van der Waals surface area contributed by atoms with Crippen molar-refractivity contribution in [2.75, 3.05) is 5.75 Å². The van der Waals surface area contributed by atoms with E-state index in [1.807, 2.05) is 0 Å². The van der Waals surface area contributed by atoms with E-state index in [0.29, 0.717) is 0 Å². The summed E-state index contributed by atoms with van der Waals surface area (Å²) in [6.45, 7) is 1.60. The zero-order valence-electron chi connectivity index (χ0n) is 9.40. The maximum absolute atomic E-state index is 13.1. The Morgan fingerprint density at radius 3 is 2.35 bits per heavy atom. The first kappa shape index (κ1) is 16.7. The SMILES string of the molecule is CCC(=O)SCCC(F)(F)CC(F)CC(F)F. The van der Waals surface area contributed by atoms with Crippen molar-refractivity contribution < 1.29 is 26.7 Å². The molecule has 0 bridgehead atoms. The lowest BCUT2D eigenvalue weighted by atomic mass is 10.1. The molecule has 0 N–H and O–H groups in total. The van der Waals surface area contributed by atoms with E-state index in [4.69, 9.17) is 0 Å². The van der Waals surface area contributed by atoms with Gasteiger partial charge in [-0.1, -0.05) is 18.7 Å². The van der Waals surface area contributed by atoms with Gasteiger partial charge in [0.1, 0.15) is 6.17 Å². The Labute approximate surface area is 101 Å². The normalized spacial score (nSPS) is 14.1. The van der Waals surface area contributed by atoms with Crippen LogP contribution in [0.4, 0.5) is 22.0 Å².